The molecule has 0 bridgehead atoms. The van der Waals surface area contributed by atoms with Gasteiger partial charge in [-0.05, 0) is 62.5 Å². The Balaban J connectivity index is 1.73. The van der Waals surface area contributed by atoms with E-state index in [1.807, 2.05) is 6.07 Å². The van der Waals surface area contributed by atoms with Crippen LogP contribution >= 0.6 is 0 Å². The highest BCUT2D eigenvalue weighted by atomic mass is 19.1. The van der Waals surface area contributed by atoms with Crippen molar-refractivity contribution >= 4 is 0 Å². The molecule has 1 aliphatic carbocycles. The summed E-state index contributed by atoms with van der Waals surface area (Å²) < 4.78 is 13.5. The van der Waals surface area contributed by atoms with Gasteiger partial charge in [-0.3, -0.25) is 4.90 Å². The smallest absolute Gasteiger partial charge is 0.123 e. The average Bonchev–Trinajstić information content (AvgIpc) is 2.66. The third kappa shape index (κ3) is 3.64. The number of hydrogen-bond donors (Lipinski definition) is 1. The van der Waals surface area contributed by atoms with Crippen LogP contribution in [0.3, 0.4) is 0 Å². The molecule has 1 aromatic carbocycles. The van der Waals surface area contributed by atoms with Crippen molar-refractivity contribution in [3.8, 4) is 0 Å². The summed E-state index contributed by atoms with van der Waals surface area (Å²) in [5, 5.41) is 3.82. The Hall–Kier alpha value is -0.930. The van der Waals surface area contributed by atoms with Gasteiger partial charge < -0.3 is 5.32 Å². The van der Waals surface area contributed by atoms with Crippen molar-refractivity contribution < 1.29 is 4.39 Å². The summed E-state index contributed by atoms with van der Waals surface area (Å²) in [5.74, 6) is -0.115. The first-order valence-corrected chi connectivity index (χ1v) is 8.39. The monoisotopic (exact) mass is 290 g/mol. The van der Waals surface area contributed by atoms with Crippen molar-refractivity contribution in [1.82, 2.24) is 10.2 Å². The number of halogens is 1. The van der Waals surface area contributed by atoms with Gasteiger partial charge in [0.25, 0.3) is 0 Å². The molecule has 1 spiro atoms. The van der Waals surface area contributed by atoms with Gasteiger partial charge in [0.1, 0.15) is 5.82 Å². The Morgan fingerprint density at radius 3 is 2.81 bits per heavy atom. The largest absolute Gasteiger partial charge is 0.310 e. The van der Waals surface area contributed by atoms with E-state index in [2.05, 4.69) is 17.1 Å². The third-order valence-electron chi connectivity index (χ3n) is 5.19. The first kappa shape index (κ1) is 15.0. The lowest BCUT2D eigenvalue weighted by Gasteiger charge is -2.40. The van der Waals surface area contributed by atoms with Crippen molar-refractivity contribution in [3.63, 3.8) is 0 Å². The second kappa shape index (κ2) is 6.45. The molecule has 1 saturated heterocycles. The summed E-state index contributed by atoms with van der Waals surface area (Å²) in [6, 6.07) is 5.17. The fourth-order valence-corrected chi connectivity index (χ4v) is 3.97. The van der Waals surface area contributed by atoms with E-state index in [0.717, 1.165) is 31.7 Å². The highest BCUT2D eigenvalue weighted by molar-refractivity contribution is 5.26. The minimum Gasteiger partial charge on any atom is -0.310 e. The summed E-state index contributed by atoms with van der Waals surface area (Å²) >= 11 is 0. The van der Waals surface area contributed by atoms with Crippen LogP contribution < -0.4 is 5.32 Å². The average molecular weight is 290 g/mol. The zero-order valence-electron chi connectivity index (χ0n) is 13.1. The fourth-order valence-electron chi connectivity index (χ4n) is 3.97. The SMILES string of the molecule is Cc1ccc(F)cc1CN1CCCNC2(CCCCC2)C1. The van der Waals surface area contributed by atoms with Gasteiger partial charge in [0.2, 0.25) is 0 Å². The maximum Gasteiger partial charge on any atom is 0.123 e. The molecule has 2 aliphatic rings. The number of benzene rings is 1. The van der Waals surface area contributed by atoms with Crippen LogP contribution in [0.1, 0.15) is 49.7 Å². The molecule has 116 valence electrons. The van der Waals surface area contributed by atoms with Crippen LogP contribution in [0.5, 0.6) is 0 Å². The van der Waals surface area contributed by atoms with E-state index >= 15 is 0 Å². The van der Waals surface area contributed by atoms with Crippen LogP contribution in [0.15, 0.2) is 18.2 Å². The van der Waals surface area contributed by atoms with Crippen LogP contribution in [0.25, 0.3) is 0 Å². The van der Waals surface area contributed by atoms with Crippen molar-refractivity contribution in [3.05, 3.63) is 35.1 Å². The molecular formula is C18H27FN2. The molecular weight excluding hydrogens is 263 g/mol. The zero-order chi connectivity index (χ0) is 14.7. The lowest BCUT2D eigenvalue weighted by atomic mass is 9.81. The number of nitrogens with zero attached hydrogens (tertiary/aromatic N) is 1. The molecule has 1 N–H and O–H groups in total. The highest BCUT2D eigenvalue weighted by Gasteiger charge is 2.34. The third-order valence-corrected chi connectivity index (χ3v) is 5.19. The lowest BCUT2D eigenvalue weighted by Crippen LogP contribution is -2.52. The quantitative estimate of drug-likeness (QED) is 0.894. The molecule has 1 aromatic rings. The molecule has 1 aliphatic heterocycles. The predicted molar refractivity (Wildman–Crippen MR) is 84.8 cm³/mol. The number of aryl methyl sites for hydroxylation is 1. The van der Waals surface area contributed by atoms with Gasteiger partial charge in [0, 0.05) is 18.6 Å². The number of hydrogen-bond acceptors (Lipinski definition) is 2. The van der Waals surface area contributed by atoms with E-state index in [1.165, 1.54) is 44.1 Å². The van der Waals surface area contributed by atoms with Crippen molar-refractivity contribution in [1.29, 1.82) is 0 Å². The lowest BCUT2D eigenvalue weighted by molar-refractivity contribution is 0.159. The van der Waals surface area contributed by atoms with Crippen LogP contribution in [0.4, 0.5) is 4.39 Å². The molecule has 3 rings (SSSR count). The Bertz CT molecular complexity index is 480. The molecule has 21 heavy (non-hydrogen) atoms. The second-order valence-electron chi connectivity index (χ2n) is 6.90. The Morgan fingerprint density at radius 2 is 2.00 bits per heavy atom. The van der Waals surface area contributed by atoms with E-state index in [0.29, 0.717) is 5.54 Å². The Labute approximate surface area is 127 Å². The summed E-state index contributed by atoms with van der Waals surface area (Å²) in [5.41, 5.74) is 2.66. The van der Waals surface area contributed by atoms with Crippen molar-refractivity contribution in [2.24, 2.45) is 0 Å². The van der Waals surface area contributed by atoms with Crippen molar-refractivity contribution in [2.75, 3.05) is 19.6 Å². The molecule has 1 saturated carbocycles. The summed E-state index contributed by atoms with van der Waals surface area (Å²) in [4.78, 5) is 2.53. The minimum absolute atomic E-state index is 0.115. The second-order valence-corrected chi connectivity index (χ2v) is 6.90. The Morgan fingerprint density at radius 1 is 1.19 bits per heavy atom. The van der Waals surface area contributed by atoms with Crippen LogP contribution in [0, 0.1) is 12.7 Å². The van der Waals surface area contributed by atoms with Gasteiger partial charge >= 0.3 is 0 Å². The summed E-state index contributed by atoms with van der Waals surface area (Å²) in [7, 11) is 0. The molecule has 0 radical (unpaired) electrons. The van der Waals surface area contributed by atoms with Gasteiger partial charge in [-0.1, -0.05) is 25.3 Å². The molecule has 2 nitrogen and oxygen atoms in total. The van der Waals surface area contributed by atoms with Gasteiger partial charge in [-0.25, -0.2) is 4.39 Å². The summed E-state index contributed by atoms with van der Waals surface area (Å²) in [6.07, 6.45) is 7.86. The summed E-state index contributed by atoms with van der Waals surface area (Å²) in [6.45, 7) is 6.32. The van der Waals surface area contributed by atoms with Gasteiger partial charge in [0.05, 0.1) is 0 Å². The van der Waals surface area contributed by atoms with E-state index in [9.17, 15) is 4.39 Å². The molecule has 1 heterocycles. The normalized spacial score (nSPS) is 23.1. The van der Waals surface area contributed by atoms with Gasteiger partial charge in [0.15, 0.2) is 0 Å². The number of rotatable bonds is 2. The minimum atomic E-state index is -0.115. The topological polar surface area (TPSA) is 15.3 Å². The fraction of sp³-hybridized carbons (Fsp3) is 0.667. The number of nitrogens with one attached hydrogen (secondary N) is 1. The molecule has 0 unspecified atom stereocenters. The standard InChI is InChI=1S/C18H27FN2/c1-15-6-7-17(19)12-16(15)13-21-11-5-10-20-18(14-21)8-3-2-4-9-18/h6-7,12,20H,2-5,8-11,13-14H2,1H3. The van der Waals surface area contributed by atoms with Crippen molar-refractivity contribution in [2.45, 2.75) is 57.5 Å². The van der Waals surface area contributed by atoms with E-state index in [-0.39, 0.29) is 5.82 Å². The van der Waals surface area contributed by atoms with Gasteiger partial charge in [-0.15, -0.1) is 0 Å². The van der Waals surface area contributed by atoms with E-state index < -0.39 is 0 Å². The molecule has 0 atom stereocenters. The van der Waals surface area contributed by atoms with Crippen LogP contribution in [-0.4, -0.2) is 30.1 Å². The maximum absolute atomic E-state index is 13.5. The molecule has 0 amide bonds. The predicted octanol–water partition coefficient (Wildman–Crippen LogP) is 3.63. The first-order chi connectivity index (χ1) is 10.2. The molecule has 0 aromatic heterocycles. The Kier molecular flexibility index (Phi) is 4.60. The van der Waals surface area contributed by atoms with Gasteiger partial charge in [-0.2, -0.15) is 0 Å². The highest BCUT2D eigenvalue weighted by Crippen LogP contribution is 2.31. The first-order valence-electron chi connectivity index (χ1n) is 8.39. The maximum atomic E-state index is 13.5. The molecule has 3 heteroatoms. The van der Waals surface area contributed by atoms with E-state index in [4.69, 9.17) is 0 Å². The van der Waals surface area contributed by atoms with Crippen LogP contribution in [0.2, 0.25) is 0 Å². The van der Waals surface area contributed by atoms with E-state index in [1.54, 1.807) is 12.1 Å². The molecule has 2 fully saturated rings. The van der Waals surface area contributed by atoms with Crippen LogP contribution in [-0.2, 0) is 6.54 Å². The zero-order valence-corrected chi connectivity index (χ0v) is 13.1.